The lowest BCUT2D eigenvalue weighted by Crippen LogP contribution is -2.42. The summed E-state index contributed by atoms with van der Waals surface area (Å²) >= 11 is 0. The molecule has 1 aromatic rings. The number of nitrogens with zero attached hydrogens (tertiary/aromatic N) is 1. The topological polar surface area (TPSA) is 64.9 Å². The average molecular weight is 257 g/mol. The van der Waals surface area contributed by atoms with Crippen LogP contribution in [0.5, 0.6) is 0 Å². The molecule has 0 atom stereocenters. The van der Waals surface area contributed by atoms with Gasteiger partial charge < -0.3 is 10.6 Å². The van der Waals surface area contributed by atoms with Crippen molar-refractivity contribution in [1.29, 1.82) is 5.26 Å². The zero-order valence-corrected chi connectivity index (χ0v) is 11.2. The smallest absolute Gasteiger partial charge is 0.251 e. The van der Waals surface area contributed by atoms with Gasteiger partial charge in [-0.1, -0.05) is 13.0 Å². The molecule has 2 N–H and O–H groups in total. The lowest BCUT2D eigenvalue weighted by atomic mass is 9.81. The van der Waals surface area contributed by atoms with Gasteiger partial charge in [0.15, 0.2) is 0 Å². The molecule has 0 bridgehead atoms. The molecule has 1 aliphatic rings. The summed E-state index contributed by atoms with van der Waals surface area (Å²) in [6.07, 6.45) is 2.15. The van der Waals surface area contributed by atoms with E-state index in [1.54, 1.807) is 24.3 Å². The summed E-state index contributed by atoms with van der Waals surface area (Å²) in [6, 6.07) is 8.84. The molecule has 0 spiro atoms. The molecule has 2 rings (SSSR count). The second-order valence-electron chi connectivity index (χ2n) is 5.44. The molecule has 1 heterocycles. The van der Waals surface area contributed by atoms with E-state index in [4.69, 9.17) is 5.26 Å². The van der Waals surface area contributed by atoms with Gasteiger partial charge in [-0.15, -0.1) is 0 Å². The number of piperidine rings is 1. The zero-order valence-electron chi connectivity index (χ0n) is 11.2. The maximum Gasteiger partial charge on any atom is 0.251 e. The highest BCUT2D eigenvalue weighted by atomic mass is 16.1. The monoisotopic (exact) mass is 257 g/mol. The van der Waals surface area contributed by atoms with Crippen LogP contribution in [0, 0.1) is 16.7 Å². The third kappa shape index (κ3) is 3.55. The largest absolute Gasteiger partial charge is 0.351 e. The van der Waals surface area contributed by atoms with Gasteiger partial charge in [-0.25, -0.2) is 0 Å². The molecular weight excluding hydrogens is 238 g/mol. The van der Waals surface area contributed by atoms with Crippen LogP contribution in [0.1, 0.15) is 35.7 Å². The Morgan fingerprint density at radius 2 is 2.21 bits per heavy atom. The van der Waals surface area contributed by atoms with Crippen molar-refractivity contribution in [3.8, 4) is 6.07 Å². The van der Waals surface area contributed by atoms with Crippen molar-refractivity contribution in [2.75, 3.05) is 19.6 Å². The van der Waals surface area contributed by atoms with E-state index in [1.165, 1.54) is 0 Å². The third-order valence-electron chi connectivity index (χ3n) is 3.74. The first kappa shape index (κ1) is 13.6. The first-order valence-electron chi connectivity index (χ1n) is 6.62. The molecule has 4 heteroatoms. The Kier molecular flexibility index (Phi) is 4.18. The summed E-state index contributed by atoms with van der Waals surface area (Å²) in [6.45, 7) is 4.91. The van der Waals surface area contributed by atoms with Gasteiger partial charge in [0.05, 0.1) is 11.6 Å². The highest BCUT2D eigenvalue weighted by Crippen LogP contribution is 2.26. The van der Waals surface area contributed by atoms with Crippen molar-refractivity contribution in [1.82, 2.24) is 10.6 Å². The first-order valence-corrected chi connectivity index (χ1v) is 6.62. The predicted molar refractivity (Wildman–Crippen MR) is 73.7 cm³/mol. The quantitative estimate of drug-likeness (QED) is 0.866. The van der Waals surface area contributed by atoms with E-state index in [9.17, 15) is 4.79 Å². The lowest BCUT2D eigenvalue weighted by Gasteiger charge is -2.34. The van der Waals surface area contributed by atoms with Crippen LogP contribution >= 0.6 is 0 Å². The Balaban J connectivity index is 1.95. The minimum absolute atomic E-state index is 0.100. The SMILES string of the molecule is CC1(CNC(=O)c2cccc(C#N)c2)CCNCC1. The van der Waals surface area contributed by atoms with Gasteiger partial charge in [-0.3, -0.25) is 4.79 Å². The molecule has 100 valence electrons. The van der Waals surface area contributed by atoms with Crippen molar-refractivity contribution in [2.45, 2.75) is 19.8 Å². The van der Waals surface area contributed by atoms with E-state index in [1.807, 2.05) is 6.07 Å². The molecular formula is C15H19N3O. The number of carbonyl (C=O) groups is 1. The van der Waals surface area contributed by atoms with Crippen LogP contribution in [-0.2, 0) is 0 Å². The molecule has 1 saturated heterocycles. The highest BCUT2D eigenvalue weighted by Gasteiger charge is 2.27. The van der Waals surface area contributed by atoms with Crippen molar-refractivity contribution < 1.29 is 4.79 Å². The van der Waals surface area contributed by atoms with Crippen LogP contribution in [0.4, 0.5) is 0 Å². The molecule has 0 aliphatic carbocycles. The Hall–Kier alpha value is -1.86. The summed E-state index contributed by atoms with van der Waals surface area (Å²) in [7, 11) is 0. The second kappa shape index (κ2) is 5.85. The number of carbonyl (C=O) groups excluding carboxylic acids is 1. The summed E-state index contributed by atoms with van der Waals surface area (Å²) in [4.78, 5) is 12.1. The standard InChI is InChI=1S/C15H19N3O/c1-15(5-7-17-8-6-15)11-18-14(19)13-4-2-3-12(9-13)10-16/h2-4,9,17H,5-8,11H2,1H3,(H,18,19). The second-order valence-corrected chi connectivity index (χ2v) is 5.44. The number of nitrogens with one attached hydrogen (secondary N) is 2. The molecule has 1 aromatic carbocycles. The van der Waals surface area contributed by atoms with Gasteiger partial charge in [0.1, 0.15) is 0 Å². The van der Waals surface area contributed by atoms with Crippen LogP contribution in [0.15, 0.2) is 24.3 Å². The minimum atomic E-state index is -0.100. The Bertz CT molecular complexity index is 498. The van der Waals surface area contributed by atoms with Crippen LogP contribution in [-0.4, -0.2) is 25.5 Å². The Morgan fingerprint density at radius 1 is 1.47 bits per heavy atom. The van der Waals surface area contributed by atoms with E-state index in [-0.39, 0.29) is 11.3 Å². The number of nitriles is 1. The molecule has 0 aromatic heterocycles. The molecule has 1 aliphatic heterocycles. The summed E-state index contributed by atoms with van der Waals surface area (Å²) < 4.78 is 0. The van der Waals surface area contributed by atoms with E-state index in [2.05, 4.69) is 17.6 Å². The van der Waals surface area contributed by atoms with Gasteiger partial charge in [0.2, 0.25) is 0 Å². The molecule has 0 saturated carbocycles. The molecule has 19 heavy (non-hydrogen) atoms. The first-order chi connectivity index (χ1) is 9.13. The van der Waals surface area contributed by atoms with Crippen LogP contribution in [0.25, 0.3) is 0 Å². The maximum atomic E-state index is 12.1. The van der Waals surface area contributed by atoms with Gasteiger partial charge in [-0.2, -0.15) is 5.26 Å². The molecule has 0 radical (unpaired) electrons. The lowest BCUT2D eigenvalue weighted by molar-refractivity contribution is 0.0922. The number of amides is 1. The Labute approximate surface area is 113 Å². The number of hydrogen-bond acceptors (Lipinski definition) is 3. The van der Waals surface area contributed by atoms with E-state index < -0.39 is 0 Å². The van der Waals surface area contributed by atoms with Crippen molar-refractivity contribution in [3.05, 3.63) is 35.4 Å². The van der Waals surface area contributed by atoms with E-state index in [0.29, 0.717) is 17.7 Å². The fraction of sp³-hybridized carbons (Fsp3) is 0.467. The van der Waals surface area contributed by atoms with Crippen LogP contribution < -0.4 is 10.6 Å². The number of hydrogen-bond donors (Lipinski definition) is 2. The Morgan fingerprint density at radius 3 is 2.89 bits per heavy atom. The fourth-order valence-electron chi connectivity index (χ4n) is 2.33. The third-order valence-corrected chi connectivity index (χ3v) is 3.74. The number of rotatable bonds is 3. The van der Waals surface area contributed by atoms with E-state index in [0.717, 1.165) is 25.9 Å². The fourth-order valence-corrected chi connectivity index (χ4v) is 2.33. The van der Waals surface area contributed by atoms with Crippen LogP contribution in [0.2, 0.25) is 0 Å². The van der Waals surface area contributed by atoms with Gasteiger partial charge in [0, 0.05) is 12.1 Å². The maximum absolute atomic E-state index is 12.1. The van der Waals surface area contributed by atoms with Crippen molar-refractivity contribution in [2.24, 2.45) is 5.41 Å². The van der Waals surface area contributed by atoms with Crippen LogP contribution in [0.3, 0.4) is 0 Å². The van der Waals surface area contributed by atoms with Crippen molar-refractivity contribution in [3.63, 3.8) is 0 Å². The summed E-state index contributed by atoms with van der Waals surface area (Å²) in [5.74, 6) is -0.100. The predicted octanol–water partition coefficient (Wildman–Crippen LogP) is 1.68. The van der Waals surface area contributed by atoms with Gasteiger partial charge in [0.25, 0.3) is 5.91 Å². The molecule has 1 amide bonds. The molecule has 0 unspecified atom stereocenters. The van der Waals surface area contributed by atoms with Crippen molar-refractivity contribution >= 4 is 5.91 Å². The van der Waals surface area contributed by atoms with E-state index >= 15 is 0 Å². The number of benzene rings is 1. The molecule has 4 nitrogen and oxygen atoms in total. The highest BCUT2D eigenvalue weighted by molar-refractivity contribution is 5.94. The minimum Gasteiger partial charge on any atom is -0.351 e. The summed E-state index contributed by atoms with van der Waals surface area (Å²) in [5, 5.41) is 15.1. The normalized spacial score (nSPS) is 17.5. The van der Waals surface area contributed by atoms with Gasteiger partial charge >= 0.3 is 0 Å². The summed E-state index contributed by atoms with van der Waals surface area (Å²) in [5.41, 5.74) is 1.24. The van der Waals surface area contributed by atoms with Gasteiger partial charge in [-0.05, 0) is 49.5 Å². The zero-order chi connectivity index (χ0) is 13.7. The average Bonchev–Trinajstić information content (AvgIpc) is 2.46. The molecule has 1 fully saturated rings.